The summed E-state index contributed by atoms with van der Waals surface area (Å²) in [6.45, 7) is 9.80. The third-order valence-electron chi connectivity index (χ3n) is 5.13. The van der Waals surface area contributed by atoms with E-state index >= 15 is 0 Å². The molecule has 2 aliphatic rings. The van der Waals surface area contributed by atoms with Crippen LogP contribution in [0, 0.1) is 17.3 Å². The van der Waals surface area contributed by atoms with Crippen molar-refractivity contribution in [2.24, 2.45) is 17.3 Å². The maximum absolute atomic E-state index is 12.7. The molecule has 4 unspecified atom stereocenters. The summed E-state index contributed by atoms with van der Waals surface area (Å²) in [6.07, 6.45) is 6.88. The van der Waals surface area contributed by atoms with Gasteiger partial charge in [-0.2, -0.15) is 0 Å². The van der Waals surface area contributed by atoms with Crippen molar-refractivity contribution < 1.29 is 9.90 Å². The van der Waals surface area contributed by atoms with E-state index in [1.54, 1.807) is 0 Å². The topological polar surface area (TPSA) is 40.5 Å². The second-order valence-corrected chi connectivity index (χ2v) is 8.53. The van der Waals surface area contributed by atoms with Crippen LogP contribution in [0.4, 0.5) is 0 Å². The Morgan fingerprint density at radius 2 is 1.95 bits per heavy atom. The fourth-order valence-corrected chi connectivity index (χ4v) is 4.50. The van der Waals surface area contributed by atoms with Gasteiger partial charge in [0.1, 0.15) is 0 Å². The van der Waals surface area contributed by atoms with E-state index in [1.807, 2.05) is 0 Å². The third kappa shape index (κ3) is 4.45. The first-order chi connectivity index (χ1) is 9.78. The Bertz CT molecular complexity index is 361. The minimum absolute atomic E-state index is 0.185. The largest absolute Gasteiger partial charge is 0.393 e. The normalized spacial score (nSPS) is 31.7. The van der Waals surface area contributed by atoms with Crippen LogP contribution in [0.25, 0.3) is 0 Å². The fourth-order valence-electron chi connectivity index (χ4n) is 4.50. The number of amides is 1. The number of hydrogen-bond donors (Lipinski definition) is 1. The van der Waals surface area contributed by atoms with Gasteiger partial charge in [-0.25, -0.2) is 0 Å². The highest BCUT2D eigenvalue weighted by Gasteiger charge is 2.40. The van der Waals surface area contributed by atoms with Gasteiger partial charge in [0.25, 0.3) is 0 Å². The lowest BCUT2D eigenvalue weighted by Crippen LogP contribution is -2.43. The van der Waals surface area contributed by atoms with Crippen LogP contribution in [-0.4, -0.2) is 34.6 Å². The van der Waals surface area contributed by atoms with Crippen LogP contribution in [0.3, 0.4) is 0 Å². The van der Waals surface area contributed by atoms with E-state index in [-0.39, 0.29) is 11.5 Å². The van der Waals surface area contributed by atoms with E-state index < -0.39 is 0 Å². The molecular formula is C18H33NO2. The number of likely N-dealkylation sites (tertiary alicyclic amines) is 1. The fraction of sp³-hybridized carbons (Fsp3) is 0.944. The van der Waals surface area contributed by atoms with Gasteiger partial charge in [0.2, 0.25) is 5.91 Å². The van der Waals surface area contributed by atoms with Crippen molar-refractivity contribution >= 4 is 5.91 Å². The molecular weight excluding hydrogens is 262 g/mol. The van der Waals surface area contributed by atoms with Crippen molar-refractivity contribution in [1.29, 1.82) is 0 Å². The third-order valence-corrected chi connectivity index (χ3v) is 5.13. The Balaban J connectivity index is 1.91. The summed E-state index contributed by atoms with van der Waals surface area (Å²) in [6, 6.07) is 0.303. The van der Waals surface area contributed by atoms with Crippen LogP contribution in [0.5, 0.6) is 0 Å². The van der Waals surface area contributed by atoms with E-state index in [2.05, 4.69) is 32.6 Å². The molecule has 0 bridgehead atoms. The Labute approximate surface area is 130 Å². The summed E-state index contributed by atoms with van der Waals surface area (Å²) in [5.41, 5.74) is 0.283. The van der Waals surface area contributed by atoms with Crippen LogP contribution in [0.15, 0.2) is 0 Å². The van der Waals surface area contributed by atoms with Crippen LogP contribution < -0.4 is 0 Å². The van der Waals surface area contributed by atoms with Gasteiger partial charge in [0.15, 0.2) is 0 Å². The van der Waals surface area contributed by atoms with Gasteiger partial charge in [0, 0.05) is 24.9 Å². The van der Waals surface area contributed by atoms with Gasteiger partial charge in [-0.3, -0.25) is 4.79 Å². The first kappa shape index (κ1) is 16.8. The van der Waals surface area contributed by atoms with Crippen molar-refractivity contribution in [2.75, 3.05) is 6.54 Å². The number of rotatable bonds is 4. The van der Waals surface area contributed by atoms with Crippen molar-refractivity contribution in [3.63, 3.8) is 0 Å². The van der Waals surface area contributed by atoms with Gasteiger partial charge >= 0.3 is 0 Å². The number of carbonyl (C=O) groups is 1. The predicted molar refractivity (Wildman–Crippen MR) is 85.9 cm³/mol. The molecule has 1 aliphatic carbocycles. The molecule has 21 heavy (non-hydrogen) atoms. The molecule has 0 aromatic rings. The standard InChI is InChI=1S/C18H33NO2/c1-13(12-18(2,3)4)11-17(21)19-10-6-8-15(19)14-7-5-9-16(14)20/h13-16,20H,5-12H2,1-4H3. The molecule has 1 amide bonds. The van der Waals surface area contributed by atoms with Crippen molar-refractivity contribution in [2.45, 2.75) is 84.8 Å². The minimum atomic E-state index is -0.185. The van der Waals surface area contributed by atoms with E-state index in [0.29, 0.717) is 30.2 Å². The van der Waals surface area contributed by atoms with E-state index in [4.69, 9.17) is 0 Å². The lowest BCUT2D eigenvalue weighted by atomic mass is 9.84. The van der Waals surface area contributed by atoms with Gasteiger partial charge in [-0.1, -0.05) is 34.1 Å². The Morgan fingerprint density at radius 3 is 2.52 bits per heavy atom. The van der Waals surface area contributed by atoms with Crippen LogP contribution >= 0.6 is 0 Å². The molecule has 1 aliphatic heterocycles. The average Bonchev–Trinajstić information content (AvgIpc) is 2.93. The Hall–Kier alpha value is -0.570. The highest BCUT2D eigenvalue weighted by Crippen LogP contribution is 2.36. The van der Waals surface area contributed by atoms with E-state index in [1.165, 1.54) is 0 Å². The SMILES string of the molecule is CC(CC(=O)N1CCCC1C1CCCC1O)CC(C)(C)C. The zero-order chi connectivity index (χ0) is 15.6. The number of hydrogen-bond acceptors (Lipinski definition) is 2. The first-order valence-electron chi connectivity index (χ1n) is 8.75. The van der Waals surface area contributed by atoms with Crippen molar-refractivity contribution in [1.82, 2.24) is 4.90 Å². The monoisotopic (exact) mass is 295 g/mol. The molecule has 0 aromatic carbocycles. The number of aliphatic hydroxyl groups is 1. The summed E-state index contributed by atoms with van der Waals surface area (Å²) in [4.78, 5) is 14.8. The molecule has 1 saturated carbocycles. The van der Waals surface area contributed by atoms with E-state index in [9.17, 15) is 9.90 Å². The molecule has 3 heteroatoms. The van der Waals surface area contributed by atoms with Gasteiger partial charge in [0.05, 0.1) is 6.10 Å². The molecule has 1 heterocycles. The molecule has 2 fully saturated rings. The molecule has 2 rings (SSSR count). The van der Waals surface area contributed by atoms with E-state index in [0.717, 1.165) is 45.1 Å². The summed E-state index contributed by atoms with van der Waals surface area (Å²) in [5.74, 6) is 1.08. The lowest BCUT2D eigenvalue weighted by molar-refractivity contribution is -0.134. The van der Waals surface area contributed by atoms with Crippen LogP contribution in [-0.2, 0) is 4.79 Å². The van der Waals surface area contributed by atoms with Crippen molar-refractivity contribution in [3.8, 4) is 0 Å². The molecule has 0 radical (unpaired) electrons. The van der Waals surface area contributed by atoms with Crippen LogP contribution in [0.1, 0.15) is 72.6 Å². The van der Waals surface area contributed by atoms with Crippen LogP contribution in [0.2, 0.25) is 0 Å². The Morgan fingerprint density at radius 1 is 1.24 bits per heavy atom. The highest BCUT2D eigenvalue weighted by molar-refractivity contribution is 5.77. The second kappa shape index (κ2) is 6.68. The number of nitrogens with zero attached hydrogens (tertiary/aromatic N) is 1. The molecule has 4 atom stereocenters. The maximum Gasteiger partial charge on any atom is 0.223 e. The summed E-state index contributed by atoms with van der Waals surface area (Å²) in [5, 5.41) is 10.1. The van der Waals surface area contributed by atoms with Gasteiger partial charge in [-0.15, -0.1) is 0 Å². The summed E-state index contributed by atoms with van der Waals surface area (Å²) in [7, 11) is 0. The molecule has 1 saturated heterocycles. The van der Waals surface area contributed by atoms with Crippen molar-refractivity contribution in [3.05, 3.63) is 0 Å². The molecule has 0 aromatic heterocycles. The molecule has 3 nitrogen and oxygen atoms in total. The smallest absolute Gasteiger partial charge is 0.223 e. The zero-order valence-corrected chi connectivity index (χ0v) is 14.3. The molecule has 122 valence electrons. The number of carbonyl (C=O) groups excluding carboxylic acids is 1. The predicted octanol–water partition coefficient (Wildman–Crippen LogP) is 3.60. The first-order valence-corrected chi connectivity index (χ1v) is 8.75. The quantitative estimate of drug-likeness (QED) is 0.861. The van der Waals surface area contributed by atoms with Gasteiger partial charge in [-0.05, 0) is 43.4 Å². The minimum Gasteiger partial charge on any atom is -0.393 e. The lowest BCUT2D eigenvalue weighted by Gasteiger charge is -2.32. The molecule has 0 spiro atoms. The second-order valence-electron chi connectivity index (χ2n) is 8.53. The Kier molecular flexibility index (Phi) is 5.34. The van der Waals surface area contributed by atoms with Gasteiger partial charge < -0.3 is 10.0 Å². The average molecular weight is 295 g/mol. The maximum atomic E-state index is 12.7. The number of aliphatic hydroxyl groups excluding tert-OH is 1. The molecule has 1 N–H and O–H groups in total. The summed E-state index contributed by atoms with van der Waals surface area (Å²) < 4.78 is 0. The summed E-state index contributed by atoms with van der Waals surface area (Å²) >= 11 is 0. The zero-order valence-electron chi connectivity index (χ0n) is 14.3. The highest BCUT2D eigenvalue weighted by atomic mass is 16.3.